The zero-order chi connectivity index (χ0) is 25.4. The first-order chi connectivity index (χ1) is 16.7. The second kappa shape index (κ2) is 11.3. The summed E-state index contributed by atoms with van der Waals surface area (Å²) in [5, 5.41) is 13.2. The molecule has 10 heteroatoms. The molecule has 2 N–H and O–H groups in total. The van der Waals surface area contributed by atoms with Crippen molar-refractivity contribution in [3.05, 3.63) is 88.5 Å². The number of hydrogen-bond donors (Lipinski definition) is 2. The van der Waals surface area contributed by atoms with Gasteiger partial charge < -0.3 is 10.1 Å². The number of amides is 1. The highest BCUT2D eigenvalue weighted by Crippen LogP contribution is 2.29. The summed E-state index contributed by atoms with van der Waals surface area (Å²) in [5.74, 6) is -1.33. The molecule has 0 spiro atoms. The van der Waals surface area contributed by atoms with Crippen molar-refractivity contribution in [2.45, 2.75) is 13.8 Å². The first-order valence-electron chi connectivity index (χ1n) is 10.6. The molecule has 35 heavy (non-hydrogen) atoms. The minimum absolute atomic E-state index is 0.265. The summed E-state index contributed by atoms with van der Waals surface area (Å²) in [6.45, 7) is 2.32. The topological polar surface area (TPSA) is 130 Å². The van der Waals surface area contributed by atoms with Gasteiger partial charge in [0.15, 0.2) is 6.61 Å². The zero-order valence-electron chi connectivity index (χ0n) is 19.2. The number of sulfonamides is 1. The van der Waals surface area contributed by atoms with E-state index in [1.165, 1.54) is 6.08 Å². The van der Waals surface area contributed by atoms with Crippen LogP contribution in [0.15, 0.2) is 66.1 Å². The van der Waals surface area contributed by atoms with Crippen LogP contribution in [0.1, 0.15) is 22.4 Å². The molecular weight excluding hydrogens is 468 g/mol. The van der Waals surface area contributed by atoms with E-state index < -0.39 is 35.1 Å². The number of rotatable bonds is 9. The third-order valence-corrected chi connectivity index (χ3v) is 6.16. The summed E-state index contributed by atoms with van der Waals surface area (Å²) in [6.07, 6.45) is 1.39. The smallest absolute Gasteiger partial charge is 0.321 e. The first kappa shape index (κ1) is 25.4. The Morgan fingerprint density at radius 1 is 1.06 bits per heavy atom. The van der Waals surface area contributed by atoms with Gasteiger partial charge in [0.05, 0.1) is 5.56 Å². The molecule has 0 atom stereocenters. The minimum atomic E-state index is -3.88. The highest BCUT2D eigenvalue weighted by Gasteiger charge is 2.21. The number of ether oxygens (including phenoxy) is 1. The Labute approximate surface area is 203 Å². The third-order valence-electron chi connectivity index (χ3n) is 5.12. The van der Waals surface area contributed by atoms with E-state index in [9.17, 15) is 23.3 Å². The lowest BCUT2D eigenvalue weighted by molar-refractivity contribution is -0.146. The van der Waals surface area contributed by atoms with Crippen LogP contribution >= 0.6 is 0 Å². The molecule has 9 nitrogen and oxygen atoms in total. The maximum absolute atomic E-state index is 12.5. The molecule has 3 aromatic rings. The molecule has 0 saturated carbocycles. The number of carbonyl (C=O) groups excluding carboxylic acids is 2. The monoisotopic (exact) mass is 492 g/mol. The maximum atomic E-state index is 12.5. The van der Waals surface area contributed by atoms with Crippen molar-refractivity contribution in [1.29, 1.82) is 5.26 Å². The number of benzene rings is 2. The Hall–Kier alpha value is -4.20. The van der Waals surface area contributed by atoms with E-state index in [0.717, 1.165) is 16.8 Å². The molecule has 1 heterocycles. The molecule has 0 bridgehead atoms. The van der Waals surface area contributed by atoms with Gasteiger partial charge in [0.25, 0.3) is 5.91 Å². The maximum Gasteiger partial charge on any atom is 0.321 e. The van der Waals surface area contributed by atoms with Crippen LogP contribution in [0.2, 0.25) is 0 Å². The number of aromatic nitrogens is 1. The van der Waals surface area contributed by atoms with E-state index in [4.69, 9.17) is 4.74 Å². The van der Waals surface area contributed by atoms with E-state index in [-0.39, 0.29) is 5.82 Å². The molecule has 0 radical (unpaired) electrons. The number of nitrogens with zero attached hydrogens (tertiary/aromatic N) is 2. The van der Waals surface area contributed by atoms with E-state index in [2.05, 4.69) is 16.1 Å². The molecule has 180 valence electrons. The van der Waals surface area contributed by atoms with Gasteiger partial charge in [0.2, 0.25) is 10.0 Å². The predicted molar refractivity (Wildman–Crippen MR) is 132 cm³/mol. The van der Waals surface area contributed by atoms with Gasteiger partial charge in [-0.15, -0.1) is 0 Å². The number of nitrogens with one attached hydrogen (secondary N) is 2. The number of nitriles is 1. The summed E-state index contributed by atoms with van der Waals surface area (Å²) in [4.78, 5) is 24.5. The molecule has 0 saturated heterocycles. The molecule has 2 aromatic carbocycles. The largest absolute Gasteiger partial charge is 0.455 e. The van der Waals surface area contributed by atoms with Gasteiger partial charge >= 0.3 is 5.97 Å². The van der Waals surface area contributed by atoms with Crippen molar-refractivity contribution in [1.82, 2.24) is 9.29 Å². The first-order valence-corrected chi connectivity index (χ1v) is 12.1. The lowest BCUT2D eigenvalue weighted by Gasteiger charge is -2.13. The van der Waals surface area contributed by atoms with Crippen LogP contribution in [0.3, 0.4) is 0 Å². The third kappa shape index (κ3) is 6.66. The summed E-state index contributed by atoms with van der Waals surface area (Å²) in [7, 11) is -3.88. The van der Waals surface area contributed by atoms with Crippen LogP contribution in [-0.4, -0.2) is 38.0 Å². The molecular formula is C25H24N4O5S. The molecule has 1 aromatic heterocycles. The zero-order valence-corrected chi connectivity index (χ0v) is 20.0. The average molecular weight is 493 g/mol. The van der Waals surface area contributed by atoms with Gasteiger partial charge in [-0.25, -0.2) is 13.1 Å². The highest BCUT2D eigenvalue weighted by atomic mass is 32.2. The summed E-state index contributed by atoms with van der Waals surface area (Å²) < 4.78 is 32.8. The van der Waals surface area contributed by atoms with Crippen LogP contribution in [0.4, 0.5) is 5.82 Å². The van der Waals surface area contributed by atoms with Crippen LogP contribution in [0.25, 0.3) is 11.8 Å². The highest BCUT2D eigenvalue weighted by molar-refractivity contribution is 7.92. The van der Waals surface area contributed by atoms with Crippen molar-refractivity contribution in [3.8, 4) is 11.8 Å². The fourth-order valence-electron chi connectivity index (χ4n) is 3.27. The van der Waals surface area contributed by atoms with Crippen molar-refractivity contribution >= 4 is 33.8 Å². The van der Waals surface area contributed by atoms with E-state index >= 15 is 0 Å². The van der Waals surface area contributed by atoms with E-state index in [0.29, 0.717) is 16.7 Å². The average Bonchev–Trinajstić information content (AvgIpc) is 3.10. The van der Waals surface area contributed by atoms with Gasteiger partial charge in [-0.2, -0.15) is 5.26 Å². The molecule has 0 fully saturated rings. The van der Waals surface area contributed by atoms with Crippen molar-refractivity contribution in [2.24, 2.45) is 0 Å². The summed E-state index contributed by atoms with van der Waals surface area (Å²) in [5.41, 5.74) is 3.21. The predicted octanol–water partition coefficient (Wildman–Crippen LogP) is 3.04. The Kier molecular flexibility index (Phi) is 8.20. The molecule has 0 aliphatic heterocycles. The number of para-hydroxylation sites is 1. The van der Waals surface area contributed by atoms with Gasteiger partial charge in [-0.1, -0.05) is 48.5 Å². The quantitative estimate of drug-likeness (QED) is 0.442. The van der Waals surface area contributed by atoms with Crippen molar-refractivity contribution in [2.75, 3.05) is 18.5 Å². The normalized spacial score (nSPS) is 11.2. The Bertz CT molecular complexity index is 1390. The van der Waals surface area contributed by atoms with Gasteiger partial charge in [-0.05, 0) is 43.2 Å². The van der Waals surface area contributed by atoms with Crippen LogP contribution in [-0.2, 0) is 24.3 Å². The SMILES string of the molecule is Cc1c(C#N)c(NC(=O)COC(=O)CNS(=O)(=O)/C=C/c2ccccc2)n(-c2ccccc2)c1C. The van der Waals surface area contributed by atoms with Crippen LogP contribution in [0, 0.1) is 25.2 Å². The number of anilines is 1. The number of carbonyl (C=O) groups is 2. The van der Waals surface area contributed by atoms with Gasteiger partial charge in [0, 0.05) is 16.8 Å². The van der Waals surface area contributed by atoms with Crippen molar-refractivity contribution < 1.29 is 22.7 Å². The molecule has 0 aliphatic carbocycles. The minimum Gasteiger partial charge on any atom is -0.455 e. The van der Waals surface area contributed by atoms with E-state index in [1.54, 1.807) is 41.8 Å². The van der Waals surface area contributed by atoms with Crippen molar-refractivity contribution in [3.63, 3.8) is 0 Å². The fraction of sp³-hybridized carbons (Fsp3) is 0.160. The number of esters is 1. The molecule has 1 amide bonds. The summed E-state index contributed by atoms with van der Waals surface area (Å²) >= 11 is 0. The lowest BCUT2D eigenvalue weighted by atomic mass is 10.2. The van der Waals surface area contributed by atoms with Gasteiger partial charge in [0.1, 0.15) is 18.4 Å². The Morgan fingerprint density at radius 2 is 1.69 bits per heavy atom. The van der Waals surface area contributed by atoms with Gasteiger partial charge in [-0.3, -0.25) is 14.2 Å². The van der Waals surface area contributed by atoms with Crippen LogP contribution < -0.4 is 10.0 Å². The lowest BCUT2D eigenvalue weighted by Crippen LogP contribution is -2.31. The second-order valence-electron chi connectivity index (χ2n) is 7.51. The standard InChI is InChI=1S/C25H24N4O5S/c1-18-19(2)29(21-11-7-4-8-12-21)25(22(18)15-26)28-23(30)17-34-24(31)16-27-35(32,33)14-13-20-9-5-3-6-10-20/h3-14,27H,16-17H2,1-2H3,(H,28,30)/b14-13+. The Morgan fingerprint density at radius 3 is 2.31 bits per heavy atom. The Balaban J connectivity index is 1.60. The van der Waals surface area contributed by atoms with Crippen LogP contribution in [0.5, 0.6) is 0 Å². The number of hydrogen-bond acceptors (Lipinski definition) is 6. The second-order valence-corrected chi connectivity index (χ2v) is 9.16. The molecule has 0 aliphatic rings. The molecule has 0 unspecified atom stereocenters. The molecule has 3 rings (SSSR count). The fourth-order valence-corrected chi connectivity index (χ4v) is 4.02. The van der Waals surface area contributed by atoms with E-state index in [1.807, 2.05) is 37.3 Å². The summed E-state index contributed by atoms with van der Waals surface area (Å²) in [6, 6.07) is 20.1.